The second kappa shape index (κ2) is 18.4. The monoisotopic (exact) mass is 403 g/mol. The second-order valence-corrected chi connectivity index (χ2v) is 5.86. The van der Waals surface area contributed by atoms with E-state index in [2.05, 4.69) is 14.8 Å². The molecule has 0 saturated heterocycles. The number of amides is 1. The number of Topliss-reactive ketones (excluding diaryl/α,β-unsaturated/α-hetero) is 1. The van der Waals surface area contributed by atoms with Gasteiger partial charge in [-0.05, 0) is 46.0 Å². The highest BCUT2D eigenvalue weighted by Crippen LogP contribution is 2.00. The molecule has 0 saturated carbocycles. The lowest BCUT2D eigenvalue weighted by Crippen LogP contribution is -2.33. The van der Waals surface area contributed by atoms with Gasteiger partial charge in [-0.25, -0.2) is 9.59 Å². The van der Waals surface area contributed by atoms with Crippen LogP contribution in [0.3, 0.4) is 0 Å². The molecule has 0 aliphatic rings. The van der Waals surface area contributed by atoms with Gasteiger partial charge in [0.25, 0.3) is 0 Å². The minimum atomic E-state index is -0.867. The van der Waals surface area contributed by atoms with Gasteiger partial charge in [0.05, 0.1) is 13.2 Å². The number of hydrogen-bond acceptors (Lipinski definition) is 8. The summed E-state index contributed by atoms with van der Waals surface area (Å²) in [6, 6.07) is 0. The number of esters is 2. The molecule has 0 aliphatic carbocycles. The molecule has 0 spiro atoms. The molecule has 0 rings (SSSR count). The SMILES string of the molecule is CCOC(=O)C(=O)CCCCOCCCCOCCCNC(=O)C(=O)OCC. The Balaban J connectivity index is 3.30. The predicted molar refractivity (Wildman–Crippen MR) is 101 cm³/mol. The molecule has 9 nitrogen and oxygen atoms in total. The average molecular weight is 403 g/mol. The quantitative estimate of drug-likeness (QED) is 0.218. The molecule has 0 aromatic carbocycles. The lowest BCUT2D eigenvalue weighted by molar-refractivity contribution is -0.154. The van der Waals surface area contributed by atoms with Crippen molar-refractivity contribution in [3.8, 4) is 0 Å². The zero-order valence-electron chi connectivity index (χ0n) is 17.0. The molecule has 0 atom stereocenters. The molecule has 0 radical (unpaired) electrons. The van der Waals surface area contributed by atoms with Crippen LogP contribution >= 0.6 is 0 Å². The number of carbonyl (C=O) groups excluding carboxylic acids is 4. The fourth-order valence-corrected chi connectivity index (χ4v) is 2.06. The number of ketones is 1. The van der Waals surface area contributed by atoms with Crippen LogP contribution in [-0.4, -0.2) is 69.8 Å². The highest BCUT2D eigenvalue weighted by Gasteiger charge is 2.14. The van der Waals surface area contributed by atoms with E-state index in [0.717, 1.165) is 19.3 Å². The minimum absolute atomic E-state index is 0.175. The highest BCUT2D eigenvalue weighted by molar-refractivity contribution is 6.33. The van der Waals surface area contributed by atoms with E-state index in [9.17, 15) is 19.2 Å². The van der Waals surface area contributed by atoms with Crippen LogP contribution in [0, 0.1) is 0 Å². The maximum Gasteiger partial charge on any atom is 0.396 e. The number of carbonyl (C=O) groups is 4. The van der Waals surface area contributed by atoms with Crippen molar-refractivity contribution in [2.45, 2.75) is 52.4 Å². The number of nitrogens with one attached hydrogen (secondary N) is 1. The van der Waals surface area contributed by atoms with Crippen LogP contribution in [0.1, 0.15) is 52.4 Å². The molecule has 28 heavy (non-hydrogen) atoms. The first-order valence-corrected chi connectivity index (χ1v) is 9.83. The van der Waals surface area contributed by atoms with Crippen molar-refractivity contribution in [2.24, 2.45) is 0 Å². The van der Waals surface area contributed by atoms with E-state index in [4.69, 9.17) is 9.47 Å². The van der Waals surface area contributed by atoms with Crippen molar-refractivity contribution in [3.63, 3.8) is 0 Å². The predicted octanol–water partition coefficient (Wildman–Crippen LogP) is 1.17. The Morgan fingerprint density at radius 1 is 0.679 bits per heavy atom. The summed E-state index contributed by atoms with van der Waals surface area (Å²) >= 11 is 0. The summed E-state index contributed by atoms with van der Waals surface area (Å²) in [6.45, 7) is 6.32. The van der Waals surface area contributed by atoms with Gasteiger partial charge in [0.15, 0.2) is 0 Å². The molecular formula is C19H33NO8. The van der Waals surface area contributed by atoms with Crippen LogP contribution in [0.25, 0.3) is 0 Å². The topological polar surface area (TPSA) is 117 Å². The van der Waals surface area contributed by atoms with Crippen molar-refractivity contribution in [2.75, 3.05) is 46.2 Å². The maximum absolute atomic E-state index is 11.4. The molecule has 0 unspecified atom stereocenters. The Hall–Kier alpha value is -2.00. The van der Waals surface area contributed by atoms with E-state index in [0.29, 0.717) is 45.8 Å². The summed E-state index contributed by atoms with van der Waals surface area (Å²) in [5, 5.41) is 2.46. The van der Waals surface area contributed by atoms with E-state index in [-0.39, 0.29) is 19.6 Å². The molecule has 0 bridgehead atoms. The van der Waals surface area contributed by atoms with Crippen molar-refractivity contribution in [1.29, 1.82) is 0 Å². The summed E-state index contributed by atoms with van der Waals surface area (Å²) in [4.78, 5) is 44.8. The lowest BCUT2D eigenvalue weighted by Gasteiger charge is -2.06. The van der Waals surface area contributed by atoms with Crippen LogP contribution in [0.15, 0.2) is 0 Å². The maximum atomic E-state index is 11.4. The van der Waals surface area contributed by atoms with Gasteiger partial charge in [-0.1, -0.05) is 0 Å². The van der Waals surface area contributed by atoms with Crippen molar-refractivity contribution >= 4 is 23.6 Å². The average Bonchev–Trinajstić information content (AvgIpc) is 2.68. The molecule has 0 aliphatic heterocycles. The van der Waals surface area contributed by atoms with Crippen molar-refractivity contribution in [1.82, 2.24) is 5.32 Å². The number of rotatable bonds is 17. The van der Waals surface area contributed by atoms with E-state index >= 15 is 0 Å². The summed E-state index contributed by atoms with van der Waals surface area (Å²) in [5.74, 6) is -2.84. The van der Waals surface area contributed by atoms with Crippen LogP contribution < -0.4 is 5.32 Å². The second-order valence-electron chi connectivity index (χ2n) is 5.86. The molecule has 0 aromatic heterocycles. The van der Waals surface area contributed by atoms with Crippen LogP contribution in [0.2, 0.25) is 0 Å². The van der Waals surface area contributed by atoms with Gasteiger partial charge in [-0.3, -0.25) is 9.59 Å². The van der Waals surface area contributed by atoms with Gasteiger partial charge in [-0.15, -0.1) is 0 Å². The number of unbranched alkanes of at least 4 members (excludes halogenated alkanes) is 2. The van der Waals surface area contributed by atoms with Gasteiger partial charge in [-0.2, -0.15) is 0 Å². The zero-order valence-corrected chi connectivity index (χ0v) is 17.0. The minimum Gasteiger partial charge on any atom is -0.460 e. The Bertz CT molecular complexity index is 425. The highest BCUT2D eigenvalue weighted by atomic mass is 16.5. The van der Waals surface area contributed by atoms with Gasteiger partial charge >= 0.3 is 17.8 Å². The molecule has 0 aromatic rings. The van der Waals surface area contributed by atoms with Crippen LogP contribution in [-0.2, 0) is 38.1 Å². The fraction of sp³-hybridized carbons (Fsp3) is 0.789. The van der Waals surface area contributed by atoms with Crippen LogP contribution in [0.4, 0.5) is 0 Å². The summed E-state index contributed by atoms with van der Waals surface area (Å²) in [5.41, 5.74) is 0. The van der Waals surface area contributed by atoms with Gasteiger partial charge in [0.1, 0.15) is 0 Å². The summed E-state index contributed by atoms with van der Waals surface area (Å²) in [6.07, 6.45) is 3.85. The Morgan fingerprint density at radius 2 is 1.18 bits per heavy atom. The van der Waals surface area contributed by atoms with Gasteiger partial charge in [0.2, 0.25) is 5.78 Å². The molecule has 162 valence electrons. The lowest BCUT2D eigenvalue weighted by atomic mass is 10.2. The molecule has 1 amide bonds. The van der Waals surface area contributed by atoms with Crippen LogP contribution in [0.5, 0.6) is 0 Å². The van der Waals surface area contributed by atoms with E-state index in [1.807, 2.05) is 0 Å². The van der Waals surface area contributed by atoms with E-state index in [1.165, 1.54) is 0 Å². The van der Waals surface area contributed by atoms with E-state index < -0.39 is 23.6 Å². The van der Waals surface area contributed by atoms with Gasteiger partial charge < -0.3 is 24.3 Å². The van der Waals surface area contributed by atoms with Crippen molar-refractivity contribution < 1.29 is 38.1 Å². The van der Waals surface area contributed by atoms with E-state index in [1.54, 1.807) is 13.8 Å². The molecule has 0 heterocycles. The third-order valence-corrected chi connectivity index (χ3v) is 3.48. The normalized spacial score (nSPS) is 10.4. The third kappa shape index (κ3) is 15.1. The third-order valence-electron chi connectivity index (χ3n) is 3.48. The Labute approximate surface area is 166 Å². The summed E-state index contributed by atoms with van der Waals surface area (Å²) in [7, 11) is 0. The molecular weight excluding hydrogens is 370 g/mol. The van der Waals surface area contributed by atoms with Gasteiger partial charge in [0, 0.05) is 39.4 Å². The first-order chi connectivity index (χ1) is 13.5. The fourth-order valence-electron chi connectivity index (χ4n) is 2.06. The first-order valence-electron chi connectivity index (χ1n) is 9.83. The first kappa shape index (κ1) is 26.0. The number of hydrogen-bond donors (Lipinski definition) is 1. The van der Waals surface area contributed by atoms with Crippen molar-refractivity contribution in [3.05, 3.63) is 0 Å². The Morgan fingerprint density at radius 3 is 1.75 bits per heavy atom. The Kier molecular flexibility index (Phi) is 17.1. The largest absolute Gasteiger partial charge is 0.460 e. The molecule has 0 fully saturated rings. The standard InChI is InChI=1S/C19H33NO8/c1-3-27-18(23)16(21)10-5-6-12-25-13-7-8-14-26-15-9-11-20-17(22)19(24)28-4-2/h3-15H2,1-2H3,(H,20,22). The molecule has 1 N–H and O–H groups in total. The zero-order chi connectivity index (χ0) is 21.0. The molecule has 9 heteroatoms. The summed E-state index contributed by atoms with van der Waals surface area (Å²) < 4.78 is 20.1. The smallest absolute Gasteiger partial charge is 0.396 e. The number of ether oxygens (including phenoxy) is 4.